The minimum atomic E-state index is -0.280. The maximum Gasteiger partial charge on any atom is 0.338 e. The molecule has 1 aliphatic heterocycles. The van der Waals surface area contributed by atoms with Crippen LogP contribution in [0, 0.1) is 6.92 Å². The van der Waals surface area contributed by atoms with Crippen LogP contribution in [-0.2, 0) is 9.47 Å². The first-order valence-corrected chi connectivity index (χ1v) is 7.29. The number of esters is 1. The summed E-state index contributed by atoms with van der Waals surface area (Å²) >= 11 is 0. The van der Waals surface area contributed by atoms with E-state index in [1.807, 2.05) is 13.0 Å². The summed E-state index contributed by atoms with van der Waals surface area (Å²) in [6, 6.07) is 5.31. The van der Waals surface area contributed by atoms with Crippen molar-refractivity contribution in [2.24, 2.45) is 0 Å². The lowest BCUT2D eigenvalue weighted by Crippen LogP contribution is -2.48. The number of benzene rings is 1. The number of carbonyl (C=O) groups is 1. The number of nitrogens with two attached hydrogens (primary N) is 1. The molecule has 0 aromatic heterocycles. The Morgan fingerprint density at radius 1 is 1.45 bits per heavy atom. The summed E-state index contributed by atoms with van der Waals surface area (Å²) in [5.41, 5.74) is 7.96. The predicted octanol–water partition coefficient (Wildman–Crippen LogP) is 2.84. The Bertz CT molecular complexity index is 522. The maximum absolute atomic E-state index is 12.2. The molecule has 1 aromatic rings. The van der Waals surface area contributed by atoms with E-state index in [2.05, 4.69) is 0 Å². The standard InChI is InChI=1S/C16H21NO3/c1-11-3-4-12(9-14(11)17)15(18)20-13-5-8-19-16(10-13)6-2-7-16/h3-4,9,13H,2,5-8,10,17H2,1H3. The molecule has 3 rings (SSSR count). The van der Waals surface area contributed by atoms with Crippen LogP contribution in [0.15, 0.2) is 18.2 Å². The van der Waals surface area contributed by atoms with Crippen molar-refractivity contribution in [1.29, 1.82) is 0 Å². The fourth-order valence-corrected chi connectivity index (χ4v) is 2.99. The van der Waals surface area contributed by atoms with Crippen LogP contribution in [0.1, 0.15) is 48.0 Å². The summed E-state index contributed by atoms with van der Waals surface area (Å²) in [5, 5.41) is 0. The topological polar surface area (TPSA) is 61.5 Å². The van der Waals surface area contributed by atoms with Crippen LogP contribution in [0.2, 0.25) is 0 Å². The van der Waals surface area contributed by atoms with Crippen LogP contribution in [0.5, 0.6) is 0 Å². The van der Waals surface area contributed by atoms with Crippen LogP contribution in [0.3, 0.4) is 0 Å². The van der Waals surface area contributed by atoms with Crippen molar-refractivity contribution in [1.82, 2.24) is 0 Å². The van der Waals surface area contributed by atoms with E-state index in [-0.39, 0.29) is 17.7 Å². The van der Waals surface area contributed by atoms with Crippen LogP contribution >= 0.6 is 0 Å². The highest BCUT2D eigenvalue weighted by atomic mass is 16.6. The summed E-state index contributed by atoms with van der Waals surface area (Å²) < 4.78 is 11.5. The summed E-state index contributed by atoms with van der Waals surface area (Å²) in [7, 11) is 0. The molecule has 108 valence electrons. The molecule has 1 unspecified atom stereocenters. The van der Waals surface area contributed by atoms with Crippen molar-refractivity contribution >= 4 is 11.7 Å². The van der Waals surface area contributed by atoms with Crippen LogP contribution in [-0.4, -0.2) is 24.3 Å². The van der Waals surface area contributed by atoms with Gasteiger partial charge in [0, 0.05) is 18.5 Å². The number of carbonyl (C=O) groups excluding carboxylic acids is 1. The Kier molecular flexibility index (Phi) is 3.42. The molecule has 1 atom stereocenters. The minimum Gasteiger partial charge on any atom is -0.459 e. The van der Waals surface area contributed by atoms with Crippen molar-refractivity contribution in [3.63, 3.8) is 0 Å². The average Bonchev–Trinajstić information content (AvgIpc) is 2.40. The van der Waals surface area contributed by atoms with Crippen molar-refractivity contribution < 1.29 is 14.3 Å². The Balaban J connectivity index is 1.64. The number of ether oxygens (including phenoxy) is 2. The van der Waals surface area contributed by atoms with Crippen molar-refractivity contribution in [2.75, 3.05) is 12.3 Å². The molecule has 1 aliphatic carbocycles. The van der Waals surface area contributed by atoms with Crippen molar-refractivity contribution in [2.45, 2.75) is 50.7 Å². The molecule has 1 saturated carbocycles. The molecule has 0 radical (unpaired) electrons. The third-order valence-electron chi connectivity index (χ3n) is 4.50. The smallest absolute Gasteiger partial charge is 0.338 e. The molecule has 0 bridgehead atoms. The van der Waals surface area contributed by atoms with Crippen LogP contribution in [0.4, 0.5) is 5.69 Å². The molecule has 1 heterocycles. The van der Waals surface area contributed by atoms with Gasteiger partial charge in [-0.05, 0) is 43.9 Å². The fraction of sp³-hybridized carbons (Fsp3) is 0.562. The Morgan fingerprint density at radius 3 is 2.90 bits per heavy atom. The lowest BCUT2D eigenvalue weighted by molar-refractivity contribution is -0.159. The molecule has 1 spiro atoms. The molecule has 0 amide bonds. The zero-order valence-corrected chi connectivity index (χ0v) is 11.9. The highest BCUT2D eigenvalue weighted by Gasteiger charge is 2.43. The molecule has 4 heteroatoms. The van der Waals surface area contributed by atoms with Crippen LogP contribution in [0.25, 0.3) is 0 Å². The molecular formula is C16H21NO3. The predicted molar refractivity (Wildman–Crippen MR) is 76.6 cm³/mol. The highest BCUT2D eigenvalue weighted by molar-refractivity contribution is 5.90. The lowest BCUT2D eigenvalue weighted by Gasteiger charge is -2.46. The fourth-order valence-electron chi connectivity index (χ4n) is 2.99. The van der Waals surface area contributed by atoms with E-state index in [0.717, 1.165) is 31.2 Å². The first kappa shape index (κ1) is 13.4. The van der Waals surface area contributed by atoms with E-state index in [1.165, 1.54) is 6.42 Å². The minimum absolute atomic E-state index is 0.00446. The average molecular weight is 275 g/mol. The second kappa shape index (κ2) is 5.09. The monoisotopic (exact) mass is 275 g/mol. The van der Waals surface area contributed by atoms with Crippen molar-refractivity contribution in [3.8, 4) is 0 Å². The first-order valence-electron chi connectivity index (χ1n) is 7.29. The van der Waals surface area contributed by atoms with E-state index in [0.29, 0.717) is 17.9 Å². The highest BCUT2D eigenvalue weighted by Crippen LogP contribution is 2.43. The third-order valence-corrected chi connectivity index (χ3v) is 4.50. The number of hydrogen-bond acceptors (Lipinski definition) is 4. The summed E-state index contributed by atoms with van der Waals surface area (Å²) in [5.74, 6) is -0.280. The van der Waals surface area contributed by atoms with E-state index in [1.54, 1.807) is 12.1 Å². The molecule has 1 aromatic carbocycles. The first-order chi connectivity index (χ1) is 9.58. The van der Waals surface area contributed by atoms with Gasteiger partial charge < -0.3 is 15.2 Å². The number of rotatable bonds is 2. The van der Waals surface area contributed by atoms with Gasteiger partial charge in [-0.1, -0.05) is 6.07 Å². The zero-order chi connectivity index (χ0) is 14.2. The molecule has 2 N–H and O–H groups in total. The summed E-state index contributed by atoms with van der Waals surface area (Å²) in [6.07, 6.45) is 5.00. The van der Waals surface area contributed by atoms with Gasteiger partial charge in [0.25, 0.3) is 0 Å². The molecule has 4 nitrogen and oxygen atoms in total. The van der Waals surface area contributed by atoms with Gasteiger partial charge in [0.2, 0.25) is 0 Å². The third kappa shape index (κ3) is 2.52. The van der Waals surface area contributed by atoms with E-state index < -0.39 is 0 Å². The quantitative estimate of drug-likeness (QED) is 0.666. The summed E-state index contributed by atoms with van der Waals surface area (Å²) in [6.45, 7) is 2.61. The summed E-state index contributed by atoms with van der Waals surface area (Å²) in [4.78, 5) is 12.2. The SMILES string of the molecule is Cc1ccc(C(=O)OC2CCOC3(CCC3)C2)cc1N. The Morgan fingerprint density at radius 2 is 2.25 bits per heavy atom. The molecule has 2 aliphatic rings. The zero-order valence-electron chi connectivity index (χ0n) is 11.9. The number of anilines is 1. The normalized spacial score (nSPS) is 24.1. The van der Waals surface area contributed by atoms with Gasteiger partial charge in [-0.3, -0.25) is 0 Å². The lowest BCUT2D eigenvalue weighted by atomic mass is 9.74. The second-order valence-corrected chi connectivity index (χ2v) is 5.98. The van der Waals surface area contributed by atoms with Gasteiger partial charge >= 0.3 is 5.97 Å². The molecule has 20 heavy (non-hydrogen) atoms. The molecule has 2 fully saturated rings. The van der Waals surface area contributed by atoms with Crippen molar-refractivity contribution in [3.05, 3.63) is 29.3 Å². The van der Waals surface area contributed by atoms with Gasteiger partial charge in [-0.25, -0.2) is 4.79 Å². The van der Waals surface area contributed by atoms with Gasteiger partial charge in [-0.15, -0.1) is 0 Å². The maximum atomic E-state index is 12.2. The van der Waals surface area contributed by atoms with E-state index >= 15 is 0 Å². The van der Waals surface area contributed by atoms with Gasteiger partial charge in [0.15, 0.2) is 0 Å². The second-order valence-electron chi connectivity index (χ2n) is 5.98. The van der Waals surface area contributed by atoms with Crippen LogP contribution < -0.4 is 5.73 Å². The molecule has 1 saturated heterocycles. The largest absolute Gasteiger partial charge is 0.459 e. The Labute approximate surface area is 119 Å². The number of aryl methyl sites for hydroxylation is 1. The number of hydrogen-bond donors (Lipinski definition) is 1. The van der Waals surface area contributed by atoms with E-state index in [9.17, 15) is 4.79 Å². The number of nitrogen functional groups attached to an aromatic ring is 1. The van der Waals surface area contributed by atoms with Gasteiger partial charge in [-0.2, -0.15) is 0 Å². The molecular weight excluding hydrogens is 254 g/mol. The van der Waals surface area contributed by atoms with Gasteiger partial charge in [0.1, 0.15) is 6.10 Å². The Hall–Kier alpha value is -1.55. The van der Waals surface area contributed by atoms with Gasteiger partial charge in [0.05, 0.1) is 17.8 Å². The van der Waals surface area contributed by atoms with E-state index in [4.69, 9.17) is 15.2 Å².